The molecular formula is C19H27ClN2O4. The Balaban J connectivity index is 2.45. The Kier molecular flexibility index (Phi) is 8.58. The summed E-state index contributed by atoms with van der Waals surface area (Å²) in [5, 5.41) is 3.18. The van der Waals surface area contributed by atoms with Crippen molar-refractivity contribution in [2.45, 2.75) is 59.2 Å². The number of hydrogen-bond donors (Lipinski definition) is 1. The number of esters is 1. The number of halogens is 1. The van der Waals surface area contributed by atoms with Gasteiger partial charge in [-0.1, -0.05) is 11.6 Å². The first-order chi connectivity index (χ1) is 12.1. The van der Waals surface area contributed by atoms with Crippen molar-refractivity contribution in [3.63, 3.8) is 0 Å². The SMILES string of the molecule is CC(C)N(C(=O)[C@@H](C)OC(=O)CCNC(=O)c1ccc(Cl)cc1)C(C)C. The van der Waals surface area contributed by atoms with Crippen molar-refractivity contribution in [2.75, 3.05) is 6.54 Å². The lowest BCUT2D eigenvalue weighted by atomic mass is 10.2. The molecule has 0 bridgehead atoms. The third-order valence-electron chi connectivity index (χ3n) is 3.74. The molecule has 144 valence electrons. The van der Waals surface area contributed by atoms with Crippen molar-refractivity contribution in [3.8, 4) is 0 Å². The number of benzene rings is 1. The fourth-order valence-corrected chi connectivity index (χ4v) is 2.73. The molecule has 0 heterocycles. The summed E-state index contributed by atoms with van der Waals surface area (Å²) in [6, 6.07) is 6.47. The molecule has 1 N–H and O–H groups in total. The van der Waals surface area contributed by atoms with Gasteiger partial charge in [-0.2, -0.15) is 0 Å². The third-order valence-corrected chi connectivity index (χ3v) is 4.00. The molecule has 0 aliphatic carbocycles. The Morgan fingerprint density at radius 1 is 1.04 bits per heavy atom. The van der Waals surface area contributed by atoms with Crippen molar-refractivity contribution in [2.24, 2.45) is 0 Å². The molecule has 0 unspecified atom stereocenters. The number of carbonyl (C=O) groups excluding carboxylic acids is 3. The fourth-order valence-electron chi connectivity index (χ4n) is 2.60. The second kappa shape index (κ2) is 10.2. The van der Waals surface area contributed by atoms with Crippen LogP contribution in [0.4, 0.5) is 0 Å². The molecule has 0 fully saturated rings. The monoisotopic (exact) mass is 382 g/mol. The van der Waals surface area contributed by atoms with Crippen LogP contribution in [0, 0.1) is 0 Å². The number of ether oxygens (including phenoxy) is 1. The molecule has 0 radical (unpaired) electrons. The zero-order valence-electron chi connectivity index (χ0n) is 15.9. The first kappa shape index (κ1) is 22.0. The molecule has 2 amide bonds. The van der Waals surface area contributed by atoms with Gasteiger partial charge in [-0.15, -0.1) is 0 Å². The van der Waals surface area contributed by atoms with Crippen LogP contribution in [0.15, 0.2) is 24.3 Å². The van der Waals surface area contributed by atoms with Gasteiger partial charge in [-0.05, 0) is 58.9 Å². The largest absolute Gasteiger partial charge is 0.452 e. The van der Waals surface area contributed by atoms with Gasteiger partial charge in [0.15, 0.2) is 6.10 Å². The topological polar surface area (TPSA) is 75.7 Å². The number of nitrogens with zero attached hydrogens (tertiary/aromatic N) is 1. The number of hydrogen-bond acceptors (Lipinski definition) is 4. The maximum absolute atomic E-state index is 12.4. The summed E-state index contributed by atoms with van der Waals surface area (Å²) in [6.07, 6.45) is -0.875. The van der Waals surface area contributed by atoms with Gasteiger partial charge in [0.1, 0.15) is 0 Å². The molecule has 0 spiro atoms. The quantitative estimate of drug-likeness (QED) is 0.701. The van der Waals surface area contributed by atoms with Crippen LogP contribution < -0.4 is 5.32 Å². The van der Waals surface area contributed by atoms with Crippen LogP contribution in [0.1, 0.15) is 51.4 Å². The second-order valence-corrected chi connectivity index (χ2v) is 7.01. The summed E-state index contributed by atoms with van der Waals surface area (Å²) < 4.78 is 5.20. The number of rotatable bonds is 8. The van der Waals surface area contributed by atoms with Crippen LogP contribution in [0.5, 0.6) is 0 Å². The fraction of sp³-hybridized carbons (Fsp3) is 0.526. The van der Waals surface area contributed by atoms with Gasteiger partial charge in [0.25, 0.3) is 11.8 Å². The minimum absolute atomic E-state index is 0.0136. The molecule has 7 heteroatoms. The summed E-state index contributed by atoms with van der Waals surface area (Å²) in [6.45, 7) is 9.35. The number of amides is 2. The van der Waals surface area contributed by atoms with E-state index in [-0.39, 0.29) is 36.9 Å². The molecule has 0 saturated heterocycles. The van der Waals surface area contributed by atoms with Gasteiger partial charge in [-0.25, -0.2) is 0 Å². The maximum atomic E-state index is 12.4. The molecule has 0 aliphatic heterocycles. The highest BCUT2D eigenvalue weighted by molar-refractivity contribution is 6.30. The Labute approximate surface area is 159 Å². The summed E-state index contributed by atoms with van der Waals surface area (Å²) in [4.78, 5) is 38.0. The molecule has 26 heavy (non-hydrogen) atoms. The normalized spacial score (nSPS) is 12.0. The van der Waals surface area contributed by atoms with Crippen LogP contribution in [0.25, 0.3) is 0 Å². The van der Waals surface area contributed by atoms with Crippen LogP contribution in [-0.2, 0) is 14.3 Å². The molecule has 1 aromatic rings. The lowest BCUT2D eigenvalue weighted by Gasteiger charge is -2.32. The van der Waals surface area contributed by atoms with E-state index in [1.807, 2.05) is 27.7 Å². The first-order valence-corrected chi connectivity index (χ1v) is 9.06. The Bertz CT molecular complexity index is 621. The minimum Gasteiger partial charge on any atom is -0.452 e. The van der Waals surface area contributed by atoms with Crippen LogP contribution in [0.3, 0.4) is 0 Å². The average Bonchev–Trinajstić information content (AvgIpc) is 2.54. The van der Waals surface area contributed by atoms with Crippen LogP contribution in [0.2, 0.25) is 5.02 Å². The predicted octanol–water partition coefficient (Wildman–Crippen LogP) is 3.04. The van der Waals surface area contributed by atoms with E-state index in [1.165, 1.54) is 0 Å². The predicted molar refractivity (Wildman–Crippen MR) is 101 cm³/mol. The van der Waals surface area contributed by atoms with E-state index in [0.717, 1.165) is 0 Å². The lowest BCUT2D eigenvalue weighted by molar-refractivity contribution is -0.160. The summed E-state index contributed by atoms with van der Waals surface area (Å²) in [7, 11) is 0. The van der Waals surface area contributed by atoms with Gasteiger partial charge < -0.3 is 15.0 Å². The van der Waals surface area contributed by atoms with Gasteiger partial charge in [0, 0.05) is 29.2 Å². The number of nitrogens with one attached hydrogen (secondary N) is 1. The number of carbonyl (C=O) groups is 3. The average molecular weight is 383 g/mol. The zero-order valence-corrected chi connectivity index (χ0v) is 16.7. The van der Waals surface area contributed by atoms with Gasteiger partial charge in [0.2, 0.25) is 0 Å². The smallest absolute Gasteiger partial charge is 0.308 e. The minimum atomic E-state index is -0.862. The Hall–Kier alpha value is -2.08. The van der Waals surface area contributed by atoms with E-state index in [0.29, 0.717) is 10.6 Å². The highest BCUT2D eigenvalue weighted by atomic mass is 35.5. The Morgan fingerprint density at radius 2 is 1.58 bits per heavy atom. The van der Waals surface area contributed by atoms with Crippen molar-refractivity contribution >= 4 is 29.4 Å². The van der Waals surface area contributed by atoms with Gasteiger partial charge in [-0.3, -0.25) is 14.4 Å². The summed E-state index contributed by atoms with van der Waals surface area (Å²) in [5.74, 6) is -1.06. The summed E-state index contributed by atoms with van der Waals surface area (Å²) >= 11 is 5.77. The highest BCUT2D eigenvalue weighted by Crippen LogP contribution is 2.11. The molecule has 1 aromatic carbocycles. The van der Waals surface area contributed by atoms with E-state index in [4.69, 9.17) is 16.3 Å². The van der Waals surface area contributed by atoms with Crippen molar-refractivity contribution in [1.29, 1.82) is 0 Å². The summed E-state index contributed by atoms with van der Waals surface area (Å²) in [5.41, 5.74) is 0.454. The zero-order chi connectivity index (χ0) is 19.9. The van der Waals surface area contributed by atoms with Crippen LogP contribution in [-0.4, -0.2) is 47.4 Å². The maximum Gasteiger partial charge on any atom is 0.308 e. The molecule has 6 nitrogen and oxygen atoms in total. The van der Waals surface area contributed by atoms with E-state index in [9.17, 15) is 14.4 Å². The third kappa shape index (κ3) is 6.67. The molecular weight excluding hydrogens is 356 g/mol. The molecule has 1 rings (SSSR count). The van der Waals surface area contributed by atoms with E-state index >= 15 is 0 Å². The molecule has 0 aromatic heterocycles. The van der Waals surface area contributed by atoms with Crippen molar-refractivity contribution < 1.29 is 19.1 Å². The van der Waals surface area contributed by atoms with E-state index < -0.39 is 12.1 Å². The molecule has 0 saturated carbocycles. The second-order valence-electron chi connectivity index (χ2n) is 6.58. The molecule has 1 atom stereocenters. The van der Waals surface area contributed by atoms with Gasteiger partial charge >= 0.3 is 5.97 Å². The van der Waals surface area contributed by atoms with Crippen molar-refractivity contribution in [1.82, 2.24) is 10.2 Å². The van der Waals surface area contributed by atoms with Crippen molar-refractivity contribution in [3.05, 3.63) is 34.9 Å². The Morgan fingerprint density at radius 3 is 2.08 bits per heavy atom. The van der Waals surface area contributed by atoms with E-state index in [1.54, 1.807) is 36.1 Å². The van der Waals surface area contributed by atoms with Gasteiger partial charge in [0.05, 0.1) is 6.42 Å². The van der Waals surface area contributed by atoms with Crippen LogP contribution >= 0.6 is 11.6 Å². The first-order valence-electron chi connectivity index (χ1n) is 8.69. The lowest BCUT2D eigenvalue weighted by Crippen LogP contribution is -2.47. The van der Waals surface area contributed by atoms with E-state index in [2.05, 4.69) is 5.32 Å². The molecule has 0 aliphatic rings. The standard InChI is InChI=1S/C19H27ClN2O4/c1-12(2)22(13(3)4)19(25)14(5)26-17(23)10-11-21-18(24)15-6-8-16(20)9-7-15/h6-9,12-14H,10-11H2,1-5H3,(H,21,24)/t14-/m1/s1. The highest BCUT2D eigenvalue weighted by Gasteiger charge is 2.27.